The van der Waals surface area contributed by atoms with E-state index in [9.17, 15) is 9.59 Å². The molecule has 2 N–H and O–H groups in total. The van der Waals surface area contributed by atoms with Gasteiger partial charge < -0.3 is 14.8 Å². The Morgan fingerprint density at radius 3 is 1.94 bits per heavy atom. The molecule has 1 aromatic heterocycles. The first-order chi connectivity index (χ1) is 15.9. The number of benzene rings is 3. The van der Waals surface area contributed by atoms with E-state index in [0.29, 0.717) is 49.0 Å². The molecule has 1 heterocycles. The second kappa shape index (κ2) is 9.66. The van der Waals surface area contributed by atoms with E-state index in [1.807, 2.05) is 0 Å². The highest BCUT2D eigenvalue weighted by Crippen LogP contribution is 2.30. The quantitative estimate of drug-likeness (QED) is 0.331. The summed E-state index contributed by atoms with van der Waals surface area (Å²) in [5, 5.41) is 6.72. The van der Waals surface area contributed by atoms with Gasteiger partial charge in [-0.25, -0.2) is 4.98 Å². The lowest BCUT2D eigenvalue weighted by Gasteiger charge is -2.07. The predicted octanol–water partition coefficient (Wildman–Crippen LogP) is 6.12. The Morgan fingerprint density at radius 1 is 0.818 bits per heavy atom. The average Bonchev–Trinajstić information content (AvgIpc) is 3.20. The van der Waals surface area contributed by atoms with Gasteiger partial charge in [-0.15, -0.1) is 0 Å². The van der Waals surface area contributed by atoms with E-state index < -0.39 is 0 Å². The Morgan fingerprint density at radius 2 is 1.39 bits per heavy atom. The summed E-state index contributed by atoms with van der Waals surface area (Å²) >= 11 is 13.5. The molecule has 0 aliphatic rings. The molecule has 4 aromatic rings. The number of hydrogen-bond acceptors (Lipinski definition) is 6. The smallest absolute Gasteiger partial charge is 0.257 e. The third-order valence-electron chi connectivity index (χ3n) is 4.69. The molecule has 0 bridgehead atoms. The molecular weight excluding hydrogens is 485 g/mol. The lowest BCUT2D eigenvalue weighted by atomic mass is 10.2. The molecule has 0 fully saturated rings. The van der Waals surface area contributed by atoms with Gasteiger partial charge in [0.05, 0.1) is 34.5 Å². The first-order valence-electron chi connectivity index (χ1n) is 9.58. The number of thiazole rings is 1. The van der Waals surface area contributed by atoms with Crippen molar-refractivity contribution in [2.24, 2.45) is 0 Å². The molecule has 0 spiro atoms. The number of amides is 2. The zero-order valence-electron chi connectivity index (χ0n) is 17.4. The fraction of sp³-hybridized carbons (Fsp3) is 0.0870. The van der Waals surface area contributed by atoms with Crippen molar-refractivity contribution in [3.63, 3.8) is 0 Å². The molecule has 0 atom stereocenters. The summed E-state index contributed by atoms with van der Waals surface area (Å²) in [5.74, 6) is 0.322. The van der Waals surface area contributed by atoms with Gasteiger partial charge in [-0.1, -0.05) is 34.5 Å². The third kappa shape index (κ3) is 5.03. The number of halogens is 2. The van der Waals surface area contributed by atoms with Gasteiger partial charge in [-0.2, -0.15) is 0 Å². The van der Waals surface area contributed by atoms with Crippen LogP contribution in [0.15, 0.2) is 54.6 Å². The van der Waals surface area contributed by atoms with Crippen LogP contribution in [0.4, 0.5) is 10.8 Å². The van der Waals surface area contributed by atoms with Crippen molar-refractivity contribution in [1.29, 1.82) is 0 Å². The average molecular weight is 502 g/mol. The summed E-state index contributed by atoms with van der Waals surface area (Å²) in [6, 6.07) is 14.9. The SMILES string of the molecule is COc1ccc(C(=O)Nc2ccc3nc(NC(=O)c4ccc(OC)c(Cl)c4)sc3c2)cc1Cl. The molecule has 3 aromatic carbocycles. The second-order valence-electron chi connectivity index (χ2n) is 6.81. The first kappa shape index (κ1) is 22.8. The number of carbonyl (C=O) groups is 2. The highest BCUT2D eigenvalue weighted by molar-refractivity contribution is 7.22. The topological polar surface area (TPSA) is 89.5 Å². The van der Waals surface area contributed by atoms with Crippen molar-refractivity contribution >= 4 is 67.4 Å². The zero-order valence-corrected chi connectivity index (χ0v) is 19.8. The van der Waals surface area contributed by atoms with Crippen molar-refractivity contribution in [3.8, 4) is 11.5 Å². The summed E-state index contributed by atoms with van der Waals surface area (Å²) < 4.78 is 11.0. The van der Waals surface area contributed by atoms with Crippen LogP contribution in [-0.4, -0.2) is 31.0 Å². The van der Waals surface area contributed by atoms with Gasteiger partial charge in [0, 0.05) is 16.8 Å². The van der Waals surface area contributed by atoms with Gasteiger partial charge >= 0.3 is 0 Å². The van der Waals surface area contributed by atoms with E-state index >= 15 is 0 Å². The molecular formula is C23H17Cl2N3O4S. The van der Waals surface area contributed by atoms with Crippen LogP contribution < -0.4 is 20.1 Å². The van der Waals surface area contributed by atoms with E-state index in [-0.39, 0.29) is 11.8 Å². The fourth-order valence-electron chi connectivity index (χ4n) is 3.04. The number of rotatable bonds is 6. The number of anilines is 2. The first-order valence-corrected chi connectivity index (χ1v) is 11.2. The summed E-state index contributed by atoms with van der Waals surface area (Å²) in [6.07, 6.45) is 0. The largest absolute Gasteiger partial charge is 0.495 e. The summed E-state index contributed by atoms with van der Waals surface area (Å²) in [4.78, 5) is 29.6. The molecule has 0 radical (unpaired) electrons. The Hall–Kier alpha value is -3.33. The number of fused-ring (bicyclic) bond motifs is 1. The molecule has 4 rings (SSSR count). The third-order valence-corrected chi connectivity index (χ3v) is 6.22. The normalized spacial score (nSPS) is 10.7. The van der Waals surface area contributed by atoms with Crippen molar-refractivity contribution in [2.75, 3.05) is 24.9 Å². The van der Waals surface area contributed by atoms with E-state index in [2.05, 4.69) is 15.6 Å². The number of carbonyl (C=O) groups excluding carboxylic acids is 2. The monoisotopic (exact) mass is 501 g/mol. The van der Waals surface area contributed by atoms with Crippen molar-refractivity contribution in [2.45, 2.75) is 0 Å². The number of nitrogens with one attached hydrogen (secondary N) is 2. The Labute approximate surface area is 203 Å². The van der Waals surface area contributed by atoms with E-state index in [1.165, 1.54) is 31.6 Å². The highest BCUT2D eigenvalue weighted by atomic mass is 35.5. The van der Waals surface area contributed by atoms with Gasteiger partial charge in [-0.05, 0) is 54.6 Å². The molecule has 0 unspecified atom stereocenters. The van der Waals surface area contributed by atoms with E-state index in [1.54, 1.807) is 48.5 Å². The maximum absolute atomic E-state index is 12.6. The molecule has 2 amide bonds. The molecule has 0 saturated carbocycles. The van der Waals surface area contributed by atoms with Gasteiger partial charge in [0.1, 0.15) is 11.5 Å². The van der Waals surface area contributed by atoms with Crippen LogP contribution in [0, 0.1) is 0 Å². The molecule has 0 saturated heterocycles. The molecule has 0 aliphatic heterocycles. The number of nitrogens with zero attached hydrogens (tertiary/aromatic N) is 1. The number of aromatic nitrogens is 1. The molecule has 7 nitrogen and oxygen atoms in total. The maximum atomic E-state index is 12.6. The minimum Gasteiger partial charge on any atom is -0.495 e. The van der Waals surface area contributed by atoms with E-state index in [0.717, 1.165) is 4.70 Å². The minimum absolute atomic E-state index is 0.312. The van der Waals surface area contributed by atoms with Gasteiger partial charge in [0.15, 0.2) is 5.13 Å². The maximum Gasteiger partial charge on any atom is 0.257 e. The van der Waals surface area contributed by atoms with Crippen molar-refractivity contribution in [3.05, 3.63) is 75.8 Å². The lowest BCUT2D eigenvalue weighted by molar-refractivity contribution is 0.101. The molecule has 33 heavy (non-hydrogen) atoms. The number of ether oxygens (including phenoxy) is 2. The minimum atomic E-state index is -0.344. The van der Waals surface area contributed by atoms with Crippen LogP contribution in [-0.2, 0) is 0 Å². The van der Waals surface area contributed by atoms with Crippen LogP contribution in [0.5, 0.6) is 11.5 Å². The summed E-state index contributed by atoms with van der Waals surface area (Å²) in [7, 11) is 3.01. The predicted molar refractivity (Wildman–Crippen MR) is 132 cm³/mol. The van der Waals surface area contributed by atoms with Gasteiger partial charge in [-0.3, -0.25) is 14.9 Å². The van der Waals surface area contributed by atoms with Gasteiger partial charge in [0.25, 0.3) is 11.8 Å². The highest BCUT2D eigenvalue weighted by Gasteiger charge is 2.14. The summed E-state index contributed by atoms with van der Waals surface area (Å²) in [5.41, 5.74) is 2.05. The number of hydrogen-bond donors (Lipinski definition) is 2. The standard InChI is InChI=1S/C23H17Cl2N3O4S/c1-31-18-7-3-12(9-15(18)24)21(29)26-14-5-6-17-20(11-14)33-23(27-17)28-22(30)13-4-8-19(32-2)16(25)10-13/h3-11H,1-2H3,(H,26,29)(H,27,28,30). The zero-order chi connectivity index (χ0) is 23.5. The van der Waals surface area contributed by atoms with Crippen molar-refractivity contribution in [1.82, 2.24) is 4.98 Å². The Bertz CT molecular complexity index is 1310. The molecule has 10 heteroatoms. The second-order valence-corrected chi connectivity index (χ2v) is 8.65. The lowest BCUT2D eigenvalue weighted by Crippen LogP contribution is -2.11. The fourth-order valence-corrected chi connectivity index (χ4v) is 4.46. The van der Waals surface area contributed by atoms with Crippen LogP contribution in [0.3, 0.4) is 0 Å². The van der Waals surface area contributed by atoms with Crippen molar-refractivity contribution < 1.29 is 19.1 Å². The van der Waals surface area contributed by atoms with Crippen LogP contribution >= 0.6 is 34.5 Å². The molecule has 168 valence electrons. The van der Waals surface area contributed by atoms with Crippen LogP contribution in [0.2, 0.25) is 10.0 Å². The Kier molecular flexibility index (Phi) is 6.69. The van der Waals surface area contributed by atoms with E-state index in [4.69, 9.17) is 32.7 Å². The molecule has 0 aliphatic carbocycles. The summed E-state index contributed by atoms with van der Waals surface area (Å²) in [6.45, 7) is 0. The number of methoxy groups -OCH3 is 2. The Balaban J connectivity index is 1.49. The van der Waals surface area contributed by atoms with Crippen LogP contribution in [0.25, 0.3) is 10.2 Å². The van der Waals surface area contributed by atoms with Crippen LogP contribution in [0.1, 0.15) is 20.7 Å². The van der Waals surface area contributed by atoms with Gasteiger partial charge in [0.2, 0.25) is 0 Å².